The minimum Gasteiger partial charge on any atom is -0.462 e. The maximum absolute atomic E-state index is 11.8. The lowest BCUT2D eigenvalue weighted by Crippen LogP contribution is -2.43. The molecular weight excluding hydrogens is 280 g/mol. The molecule has 6 heteroatoms. The van der Waals surface area contributed by atoms with Gasteiger partial charge in [0.05, 0.1) is 17.9 Å². The summed E-state index contributed by atoms with van der Waals surface area (Å²) in [6, 6.07) is 0. The van der Waals surface area contributed by atoms with Crippen LogP contribution in [0.3, 0.4) is 0 Å². The molecule has 3 heterocycles. The Morgan fingerprint density at radius 3 is 2.86 bits per heavy atom. The molecule has 120 valence electrons. The fourth-order valence-corrected chi connectivity index (χ4v) is 3.63. The third-order valence-electron chi connectivity index (χ3n) is 5.02. The molecule has 3 rings (SSSR count). The van der Waals surface area contributed by atoms with Gasteiger partial charge in [0.15, 0.2) is 0 Å². The quantitative estimate of drug-likeness (QED) is 0.791. The van der Waals surface area contributed by atoms with E-state index >= 15 is 0 Å². The van der Waals surface area contributed by atoms with Gasteiger partial charge in [0, 0.05) is 24.8 Å². The molecule has 1 atom stereocenters. The lowest BCUT2D eigenvalue weighted by molar-refractivity contribution is 0.0524. The van der Waals surface area contributed by atoms with E-state index in [1.165, 1.54) is 19.4 Å². The van der Waals surface area contributed by atoms with E-state index < -0.39 is 0 Å². The van der Waals surface area contributed by atoms with Gasteiger partial charge in [-0.3, -0.25) is 4.90 Å². The van der Waals surface area contributed by atoms with Crippen molar-refractivity contribution in [1.29, 1.82) is 0 Å². The number of rotatable bonds is 3. The van der Waals surface area contributed by atoms with Crippen LogP contribution in [0.15, 0.2) is 6.20 Å². The van der Waals surface area contributed by atoms with Crippen molar-refractivity contribution >= 4 is 11.9 Å². The van der Waals surface area contributed by atoms with Crippen LogP contribution >= 0.6 is 0 Å². The van der Waals surface area contributed by atoms with Gasteiger partial charge in [-0.15, -0.1) is 0 Å². The van der Waals surface area contributed by atoms with Crippen LogP contribution in [-0.4, -0.2) is 59.7 Å². The van der Waals surface area contributed by atoms with Gasteiger partial charge in [-0.05, 0) is 46.7 Å². The Balaban J connectivity index is 1.76. The summed E-state index contributed by atoms with van der Waals surface area (Å²) in [5, 5.41) is 0. The van der Waals surface area contributed by atoms with E-state index in [1.54, 1.807) is 13.1 Å². The fraction of sp³-hybridized carbons (Fsp3) is 0.688. The number of esters is 1. The number of carbonyl (C=O) groups is 1. The Kier molecular flexibility index (Phi) is 4.04. The largest absolute Gasteiger partial charge is 0.462 e. The highest BCUT2D eigenvalue weighted by atomic mass is 16.5. The summed E-state index contributed by atoms with van der Waals surface area (Å²) in [5.74, 6) is 0.377. The smallest absolute Gasteiger partial charge is 0.341 e. The number of carbonyl (C=O) groups excluding carboxylic acids is 1. The van der Waals surface area contributed by atoms with E-state index in [2.05, 4.69) is 26.8 Å². The number of ether oxygens (including phenoxy) is 1. The monoisotopic (exact) mass is 304 g/mol. The Bertz CT molecular complexity index is 577. The fourth-order valence-electron chi connectivity index (χ4n) is 3.63. The molecule has 1 aromatic heterocycles. The maximum atomic E-state index is 11.8. The molecule has 2 saturated heterocycles. The van der Waals surface area contributed by atoms with Crippen LogP contribution in [0.5, 0.6) is 0 Å². The second-order valence-electron chi connectivity index (χ2n) is 6.31. The van der Waals surface area contributed by atoms with Gasteiger partial charge < -0.3 is 9.64 Å². The Morgan fingerprint density at radius 1 is 1.41 bits per heavy atom. The molecule has 1 unspecified atom stereocenters. The van der Waals surface area contributed by atoms with Crippen molar-refractivity contribution in [2.45, 2.75) is 38.6 Å². The molecule has 2 fully saturated rings. The average Bonchev–Trinajstić information content (AvgIpc) is 3.07. The number of hydrogen-bond donors (Lipinski definition) is 0. The third kappa shape index (κ3) is 2.56. The normalized spacial score (nSPS) is 25.1. The topological polar surface area (TPSA) is 58.6 Å². The molecule has 6 nitrogen and oxygen atoms in total. The van der Waals surface area contributed by atoms with E-state index in [9.17, 15) is 4.79 Å². The first-order valence-corrected chi connectivity index (χ1v) is 8.03. The molecule has 2 aliphatic rings. The van der Waals surface area contributed by atoms with Crippen LogP contribution in [0, 0.1) is 6.92 Å². The zero-order chi connectivity index (χ0) is 15.7. The van der Waals surface area contributed by atoms with E-state index in [0.29, 0.717) is 17.9 Å². The molecule has 0 radical (unpaired) electrons. The van der Waals surface area contributed by atoms with Crippen molar-refractivity contribution in [3.8, 4) is 0 Å². The molecule has 0 bridgehead atoms. The van der Waals surface area contributed by atoms with Crippen molar-refractivity contribution in [3.63, 3.8) is 0 Å². The molecule has 22 heavy (non-hydrogen) atoms. The van der Waals surface area contributed by atoms with Crippen LogP contribution in [0.25, 0.3) is 0 Å². The Hall–Kier alpha value is -1.69. The second-order valence-corrected chi connectivity index (χ2v) is 6.31. The first-order valence-electron chi connectivity index (χ1n) is 8.03. The first kappa shape index (κ1) is 15.2. The first-order chi connectivity index (χ1) is 10.6. The average molecular weight is 304 g/mol. The minimum absolute atomic E-state index is 0.289. The predicted molar refractivity (Wildman–Crippen MR) is 84.2 cm³/mol. The van der Waals surface area contributed by atoms with Gasteiger partial charge in [0.1, 0.15) is 0 Å². The number of anilines is 1. The lowest BCUT2D eigenvalue weighted by atomic mass is 9.96. The zero-order valence-electron chi connectivity index (χ0n) is 13.6. The molecule has 0 aromatic carbocycles. The van der Waals surface area contributed by atoms with Crippen LogP contribution in [0.1, 0.15) is 42.2 Å². The van der Waals surface area contributed by atoms with Gasteiger partial charge in [-0.25, -0.2) is 14.8 Å². The van der Waals surface area contributed by atoms with Gasteiger partial charge >= 0.3 is 5.97 Å². The van der Waals surface area contributed by atoms with E-state index in [0.717, 1.165) is 25.5 Å². The van der Waals surface area contributed by atoms with Gasteiger partial charge in [0.2, 0.25) is 5.95 Å². The summed E-state index contributed by atoms with van der Waals surface area (Å²) in [7, 11) is 2.21. The van der Waals surface area contributed by atoms with E-state index in [1.807, 2.05) is 6.92 Å². The lowest BCUT2D eigenvalue weighted by Gasteiger charge is -2.31. The third-order valence-corrected chi connectivity index (χ3v) is 5.02. The van der Waals surface area contributed by atoms with E-state index in [4.69, 9.17) is 4.74 Å². The highest BCUT2D eigenvalue weighted by molar-refractivity contribution is 5.90. The van der Waals surface area contributed by atoms with Crippen LogP contribution in [0.4, 0.5) is 5.95 Å². The standard InChI is InChI=1S/C16H24N4O2/c1-4-22-14(21)13-10-17-15(18-12(13)2)20-9-7-16(11-20)6-5-8-19(16)3/h10H,4-9,11H2,1-3H3. The van der Waals surface area contributed by atoms with Gasteiger partial charge in [0.25, 0.3) is 0 Å². The van der Waals surface area contributed by atoms with E-state index in [-0.39, 0.29) is 11.5 Å². The summed E-state index contributed by atoms with van der Waals surface area (Å²) in [6.45, 7) is 7.12. The van der Waals surface area contributed by atoms with Crippen LogP contribution in [0.2, 0.25) is 0 Å². The van der Waals surface area contributed by atoms with Crippen molar-refractivity contribution in [3.05, 3.63) is 17.5 Å². The molecule has 0 amide bonds. The number of likely N-dealkylation sites (tertiary alicyclic amines) is 1. The summed E-state index contributed by atoms with van der Waals surface area (Å²) < 4.78 is 5.03. The Morgan fingerprint density at radius 2 is 2.23 bits per heavy atom. The number of aromatic nitrogens is 2. The van der Waals surface area contributed by atoms with Crippen LogP contribution in [-0.2, 0) is 4.74 Å². The number of aryl methyl sites for hydroxylation is 1. The number of nitrogens with zero attached hydrogens (tertiary/aromatic N) is 4. The molecule has 2 aliphatic heterocycles. The SMILES string of the molecule is CCOC(=O)c1cnc(N2CCC3(CCCN3C)C2)nc1C. The van der Waals surface area contributed by atoms with Gasteiger partial charge in [-0.1, -0.05) is 0 Å². The summed E-state index contributed by atoms with van der Waals surface area (Å²) in [4.78, 5) is 25.5. The molecular formula is C16H24N4O2. The maximum Gasteiger partial charge on any atom is 0.341 e. The highest BCUT2D eigenvalue weighted by Gasteiger charge is 2.44. The number of likely N-dealkylation sites (N-methyl/N-ethyl adjacent to an activating group) is 1. The number of hydrogen-bond acceptors (Lipinski definition) is 6. The van der Waals surface area contributed by atoms with Gasteiger partial charge in [-0.2, -0.15) is 0 Å². The summed E-state index contributed by atoms with van der Waals surface area (Å²) >= 11 is 0. The van der Waals surface area contributed by atoms with Crippen molar-refractivity contribution in [2.24, 2.45) is 0 Å². The second kappa shape index (κ2) is 5.83. The molecule has 0 saturated carbocycles. The zero-order valence-corrected chi connectivity index (χ0v) is 13.6. The summed E-state index contributed by atoms with van der Waals surface area (Å²) in [5.41, 5.74) is 1.43. The predicted octanol–water partition coefficient (Wildman–Crippen LogP) is 1.64. The van der Waals surface area contributed by atoms with Crippen molar-refractivity contribution in [1.82, 2.24) is 14.9 Å². The molecule has 1 aromatic rings. The van der Waals surface area contributed by atoms with Crippen LogP contribution < -0.4 is 4.90 Å². The summed E-state index contributed by atoms with van der Waals surface area (Å²) in [6.07, 6.45) is 5.27. The molecule has 1 spiro atoms. The van der Waals surface area contributed by atoms with Crippen molar-refractivity contribution in [2.75, 3.05) is 38.2 Å². The molecule has 0 N–H and O–H groups in total. The highest BCUT2D eigenvalue weighted by Crippen LogP contribution is 2.37. The molecule has 0 aliphatic carbocycles. The minimum atomic E-state index is -0.347. The Labute approximate surface area is 131 Å². The van der Waals surface area contributed by atoms with Crippen molar-refractivity contribution < 1.29 is 9.53 Å².